The van der Waals surface area contributed by atoms with Crippen molar-refractivity contribution in [2.75, 3.05) is 39.8 Å². The van der Waals surface area contributed by atoms with E-state index in [2.05, 4.69) is 17.1 Å². The molecule has 0 spiro atoms. The molecule has 7 heteroatoms. The van der Waals surface area contributed by atoms with Crippen molar-refractivity contribution in [1.29, 1.82) is 0 Å². The maximum atomic E-state index is 12.0. The number of halogens is 2. The molecule has 0 aromatic heterocycles. The van der Waals surface area contributed by atoms with Gasteiger partial charge in [-0.25, -0.2) is 0 Å². The summed E-state index contributed by atoms with van der Waals surface area (Å²) in [5.74, 6) is 0.258. The number of aliphatic hydroxyl groups is 1. The average Bonchev–Trinajstić information content (AvgIpc) is 2.31. The summed E-state index contributed by atoms with van der Waals surface area (Å²) in [6.07, 6.45) is 1.23. The van der Waals surface area contributed by atoms with Crippen molar-refractivity contribution in [1.82, 2.24) is 15.1 Å². The van der Waals surface area contributed by atoms with Crippen molar-refractivity contribution in [2.45, 2.75) is 38.8 Å². The molecule has 1 heterocycles. The zero-order valence-electron chi connectivity index (χ0n) is 12.7. The summed E-state index contributed by atoms with van der Waals surface area (Å²) in [5.41, 5.74) is 0. The Morgan fingerprint density at radius 2 is 2.05 bits per heavy atom. The second kappa shape index (κ2) is 11.6. The molecule has 1 rings (SSSR count). The zero-order valence-corrected chi connectivity index (χ0v) is 14.3. The standard InChI is InChI=1S/C13H27N3O2.2ClH/c1-11-9-16(13(18)5-4-6-14-3)8-7-15(11)10-12(2)17;;/h11-12,14,17H,4-10H2,1-3H3;2*1H. The van der Waals surface area contributed by atoms with Crippen LogP contribution in [0, 0.1) is 0 Å². The molecule has 20 heavy (non-hydrogen) atoms. The fourth-order valence-electron chi connectivity index (χ4n) is 2.41. The van der Waals surface area contributed by atoms with Crippen LogP contribution in [0.1, 0.15) is 26.7 Å². The van der Waals surface area contributed by atoms with Crippen molar-refractivity contribution < 1.29 is 9.90 Å². The number of nitrogens with one attached hydrogen (secondary N) is 1. The highest BCUT2D eigenvalue weighted by molar-refractivity contribution is 5.85. The quantitative estimate of drug-likeness (QED) is 0.706. The number of carbonyl (C=O) groups excluding carboxylic acids is 1. The van der Waals surface area contributed by atoms with E-state index >= 15 is 0 Å². The van der Waals surface area contributed by atoms with Gasteiger partial charge in [-0.3, -0.25) is 9.69 Å². The van der Waals surface area contributed by atoms with Crippen molar-refractivity contribution in [2.24, 2.45) is 0 Å². The SMILES string of the molecule is CNCCCC(=O)N1CCN(CC(C)O)C(C)C1.Cl.Cl. The normalized spacial score (nSPS) is 20.8. The van der Waals surface area contributed by atoms with Gasteiger partial charge >= 0.3 is 0 Å². The minimum atomic E-state index is -0.301. The van der Waals surface area contributed by atoms with Gasteiger partial charge in [0, 0.05) is 38.6 Å². The maximum Gasteiger partial charge on any atom is 0.222 e. The van der Waals surface area contributed by atoms with E-state index in [4.69, 9.17) is 0 Å². The predicted molar refractivity (Wildman–Crippen MR) is 87.0 cm³/mol. The first-order chi connectivity index (χ1) is 8.54. The first-order valence-electron chi connectivity index (χ1n) is 6.89. The smallest absolute Gasteiger partial charge is 0.222 e. The van der Waals surface area contributed by atoms with Gasteiger partial charge in [-0.1, -0.05) is 0 Å². The number of carbonyl (C=O) groups is 1. The van der Waals surface area contributed by atoms with Crippen LogP contribution in [0.2, 0.25) is 0 Å². The minimum absolute atomic E-state index is 0. The van der Waals surface area contributed by atoms with Gasteiger partial charge in [-0.15, -0.1) is 24.8 Å². The van der Waals surface area contributed by atoms with Crippen LogP contribution in [0.5, 0.6) is 0 Å². The van der Waals surface area contributed by atoms with E-state index in [0.29, 0.717) is 19.0 Å². The lowest BCUT2D eigenvalue weighted by Gasteiger charge is -2.40. The van der Waals surface area contributed by atoms with Crippen LogP contribution in [0.15, 0.2) is 0 Å². The number of hydrogen-bond acceptors (Lipinski definition) is 4. The van der Waals surface area contributed by atoms with Crippen LogP contribution >= 0.6 is 24.8 Å². The molecule has 1 amide bonds. The molecular formula is C13H29Cl2N3O2. The van der Waals surface area contributed by atoms with E-state index in [9.17, 15) is 9.90 Å². The number of piperazine rings is 1. The van der Waals surface area contributed by atoms with Gasteiger partial charge in [0.25, 0.3) is 0 Å². The van der Waals surface area contributed by atoms with Crippen LogP contribution < -0.4 is 5.32 Å². The largest absolute Gasteiger partial charge is 0.392 e. The third-order valence-corrected chi connectivity index (χ3v) is 3.43. The maximum absolute atomic E-state index is 12.0. The van der Waals surface area contributed by atoms with Crippen molar-refractivity contribution >= 4 is 30.7 Å². The van der Waals surface area contributed by atoms with Crippen LogP contribution in [0.3, 0.4) is 0 Å². The molecule has 0 radical (unpaired) electrons. The first kappa shape index (κ1) is 22.2. The van der Waals surface area contributed by atoms with Gasteiger partial charge in [-0.2, -0.15) is 0 Å². The Kier molecular flexibility index (Phi) is 12.9. The van der Waals surface area contributed by atoms with Gasteiger partial charge in [0.2, 0.25) is 5.91 Å². The minimum Gasteiger partial charge on any atom is -0.392 e. The van der Waals surface area contributed by atoms with E-state index < -0.39 is 0 Å². The summed E-state index contributed by atoms with van der Waals surface area (Å²) in [6.45, 7) is 7.95. The van der Waals surface area contributed by atoms with Crippen LogP contribution in [-0.2, 0) is 4.79 Å². The molecule has 0 saturated carbocycles. The number of amides is 1. The Balaban J connectivity index is 0. The Morgan fingerprint density at radius 1 is 1.40 bits per heavy atom. The predicted octanol–water partition coefficient (Wildman–Crippen LogP) is 0.743. The lowest BCUT2D eigenvalue weighted by molar-refractivity contribution is -0.134. The molecule has 1 aliphatic heterocycles. The highest BCUT2D eigenvalue weighted by atomic mass is 35.5. The van der Waals surface area contributed by atoms with Crippen molar-refractivity contribution in [3.8, 4) is 0 Å². The molecule has 2 N–H and O–H groups in total. The topological polar surface area (TPSA) is 55.8 Å². The van der Waals surface area contributed by atoms with Crippen LogP contribution in [-0.4, -0.2) is 72.7 Å². The highest BCUT2D eigenvalue weighted by Crippen LogP contribution is 2.11. The molecule has 2 unspecified atom stereocenters. The second-order valence-corrected chi connectivity index (χ2v) is 5.24. The van der Waals surface area contributed by atoms with Crippen molar-refractivity contribution in [3.63, 3.8) is 0 Å². The van der Waals surface area contributed by atoms with Crippen LogP contribution in [0.25, 0.3) is 0 Å². The summed E-state index contributed by atoms with van der Waals surface area (Å²) in [7, 11) is 1.90. The molecule has 1 saturated heterocycles. The Morgan fingerprint density at radius 3 is 2.55 bits per heavy atom. The van der Waals surface area contributed by atoms with E-state index in [-0.39, 0.29) is 36.8 Å². The summed E-state index contributed by atoms with van der Waals surface area (Å²) >= 11 is 0. The molecule has 1 aliphatic rings. The fraction of sp³-hybridized carbons (Fsp3) is 0.923. The Labute approximate surface area is 134 Å². The van der Waals surface area contributed by atoms with E-state index in [1.54, 1.807) is 0 Å². The number of aliphatic hydroxyl groups excluding tert-OH is 1. The fourth-order valence-corrected chi connectivity index (χ4v) is 2.41. The van der Waals surface area contributed by atoms with Crippen molar-refractivity contribution in [3.05, 3.63) is 0 Å². The number of nitrogens with zero attached hydrogens (tertiary/aromatic N) is 2. The first-order valence-corrected chi connectivity index (χ1v) is 6.89. The second-order valence-electron chi connectivity index (χ2n) is 5.24. The zero-order chi connectivity index (χ0) is 13.5. The molecule has 0 bridgehead atoms. The van der Waals surface area contributed by atoms with Gasteiger partial charge in [0.1, 0.15) is 0 Å². The summed E-state index contributed by atoms with van der Waals surface area (Å²) in [5, 5.41) is 12.5. The molecular weight excluding hydrogens is 301 g/mol. The Hall–Kier alpha value is -0.0700. The van der Waals surface area contributed by atoms with E-state index in [0.717, 1.165) is 32.6 Å². The molecule has 122 valence electrons. The van der Waals surface area contributed by atoms with Gasteiger partial charge in [0.05, 0.1) is 6.10 Å². The van der Waals surface area contributed by atoms with E-state index in [1.807, 2.05) is 18.9 Å². The van der Waals surface area contributed by atoms with E-state index in [1.165, 1.54) is 0 Å². The molecule has 2 atom stereocenters. The third-order valence-electron chi connectivity index (χ3n) is 3.43. The monoisotopic (exact) mass is 329 g/mol. The summed E-state index contributed by atoms with van der Waals surface area (Å²) < 4.78 is 0. The number of β-amino-alcohol motifs (C(OH)–C–C–N with tert-alkyl or cyclic N) is 1. The summed E-state index contributed by atoms with van der Waals surface area (Å²) in [6, 6.07) is 0.335. The number of rotatable bonds is 6. The lowest BCUT2D eigenvalue weighted by atomic mass is 10.1. The highest BCUT2D eigenvalue weighted by Gasteiger charge is 2.26. The van der Waals surface area contributed by atoms with Gasteiger partial charge < -0.3 is 15.3 Å². The van der Waals surface area contributed by atoms with Gasteiger partial charge in [0.15, 0.2) is 0 Å². The molecule has 1 fully saturated rings. The van der Waals surface area contributed by atoms with Crippen LogP contribution in [0.4, 0.5) is 0 Å². The van der Waals surface area contributed by atoms with Gasteiger partial charge in [-0.05, 0) is 33.9 Å². The third kappa shape index (κ3) is 7.64. The average molecular weight is 330 g/mol. The number of hydrogen-bond donors (Lipinski definition) is 2. The lowest BCUT2D eigenvalue weighted by Crippen LogP contribution is -2.54. The molecule has 0 aromatic carbocycles. The Bertz CT molecular complexity index is 268. The molecule has 0 aromatic rings. The molecule has 5 nitrogen and oxygen atoms in total. The molecule has 0 aliphatic carbocycles. The summed E-state index contributed by atoms with van der Waals surface area (Å²) in [4.78, 5) is 16.2.